The van der Waals surface area contributed by atoms with Crippen LogP contribution in [0, 0.1) is 0 Å². The number of allylic oxidation sites excluding steroid dienone is 18. The van der Waals surface area contributed by atoms with Gasteiger partial charge in [0.25, 0.3) is 0 Å². The van der Waals surface area contributed by atoms with Crippen LogP contribution < -0.4 is 0 Å². The van der Waals surface area contributed by atoms with Gasteiger partial charge in [0.1, 0.15) is 0 Å². The number of halogens is 4. The molecule has 0 unspecified atom stereocenters. The molecule has 4 rings (SSSR count). The fourth-order valence-corrected chi connectivity index (χ4v) is 4.55. The third-order valence-corrected chi connectivity index (χ3v) is 6.71. The monoisotopic (exact) mass is 592 g/mol. The first kappa shape index (κ1) is 29.4. The zero-order valence-corrected chi connectivity index (χ0v) is 23.6. The van der Waals surface area contributed by atoms with Crippen molar-refractivity contribution >= 4 is 69.5 Å². The first-order valence-electron chi connectivity index (χ1n) is 10.9. The van der Waals surface area contributed by atoms with Crippen molar-refractivity contribution in [1.82, 2.24) is 0 Å². The minimum Gasteiger partial charge on any atom is -0.493 e. The van der Waals surface area contributed by atoms with E-state index in [2.05, 4.69) is 0 Å². The van der Waals surface area contributed by atoms with Crippen LogP contribution in [-0.4, -0.2) is 37.4 Å². The molecule has 0 aromatic rings. The normalized spacial score (nSPS) is 21.7. The van der Waals surface area contributed by atoms with Crippen molar-refractivity contribution < 1.29 is 28.7 Å². The number of rotatable bonds is 2. The topological polar surface area (TPSA) is 86.7 Å². The number of carbonyl (C=O) groups is 4. The van der Waals surface area contributed by atoms with E-state index < -0.39 is 11.6 Å². The summed E-state index contributed by atoms with van der Waals surface area (Å²) in [5.74, 6) is -0.550. The van der Waals surface area contributed by atoms with Crippen LogP contribution in [0.15, 0.2) is 114 Å². The summed E-state index contributed by atoms with van der Waals surface area (Å²) in [6.45, 7) is 3.47. The Balaban J connectivity index is 0.000000212. The molecule has 0 radical (unpaired) electrons. The molecule has 0 aromatic heterocycles. The third-order valence-electron chi connectivity index (χ3n) is 5.58. The number of carbonyl (C=O) groups excluding carboxylic acids is 4. The lowest BCUT2D eigenvalue weighted by atomic mass is 9.92. The molecule has 196 valence electrons. The number of methoxy groups -OCH3 is 2. The summed E-state index contributed by atoms with van der Waals surface area (Å²) in [7, 11) is 2.93. The second-order valence-electron chi connectivity index (χ2n) is 8.19. The lowest BCUT2D eigenvalue weighted by molar-refractivity contribution is -0.115. The van der Waals surface area contributed by atoms with Gasteiger partial charge in [0.05, 0.1) is 34.3 Å². The molecule has 6 nitrogen and oxygen atoms in total. The maximum absolute atomic E-state index is 11.8. The Bertz CT molecular complexity index is 1330. The molecular weight excluding hydrogens is 574 g/mol. The predicted octanol–water partition coefficient (Wildman–Crippen LogP) is 6.34. The van der Waals surface area contributed by atoms with Crippen molar-refractivity contribution in [2.75, 3.05) is 14.2 Å². The lowest BCUT2D eigenvalue weighted by Gasteiger charge is -2.17. The van der Waals surface area contributed by atoms with Crippen molar-refractivity contribution in [3.63, 3.8) is 0 Å². The average Bonchev–Trinajstić information content (AvgIpc) is 2.88. The van der Waals surface area contributed by atoms with E-state index in [-0.39, 0.29) is 31.7 Å². The smallest absolute Gasteiger partial charge is 0.223 e. The number of ether oxygens (including phenoxy) is 2. The summed E-state index contributed by atoms with van der Waals surface area (Å²) in [5.41, 5.74) is 3.96. The Kier molecular flexibility index (Phi) is 9.39. The van der Waals surface area contributed by atoms with Crippen molar-refractivity contribution in [2.24, 2.45) is 0 Å². The Hall–Kier alpha value is -3.16. The van der Waals surface area contributed by atoms with Gasteiger partial charge in [-0.15, -0.1) is 0 Å². The second kappa shape index (κ2) is 12.1. The Labute approximate surface area is 239 Å². The van der Waals surface area contributed by atoms with Crippen LogP contribution >= 0.6 is 46.4 Å². The molecule has 0 aliphatic heterocycles. The molecule has 0 aromatic carbocycles. The van der Waals surface area contributed by atoms with Gasteiger partial charge in [-0.1, -0.05) is 46.4 Å². The highest BCUT2D eigenvalue weighted by molar-refractivity contribution is 6.56. The zero-order valence-electron chi connectivity index (χ0n) is 20.6. The summed E-state index contributed by atoms with van der Waals surface area (Å²) >= 11 is 23.0. The maximum Gasteiger partial charge on any atom is 0.223 e. The van der Waals surface area contributed by atoms with Crippen LogP contribution in [0.1, 0.15) is 13.8 Å². The van der Waals surface area contributed by atoms with E-state index in [0.29, 0.717) is 33.8 Å². The molecule has 0 heterocycles. The van der Waals surface area contributed by atoms with Crippen LogP contribution in [0.2, 0.25) is 0 Å². The van der Waals surface area contributed by atoms with Crippen molar-refractivity contribution in [3.8, 4) is 0 Å². The van der Waals surface area contributed by atoms with Crippen LogP contribution in [0.3, 0.4) is 0 Å². The second-order valence-corrected chi connectivity index (χ2v) is 9.82. The van der Waals surface area contributed by atoms with Gasteiger partial charge in [-0.05, 0) is 84.7 Å². The van der Waals surface area contributed by atoms with Crippen molar-refractivity contribution in [1.29, 1.82) is 0 Å². The molecule has 4 aliphatic rings. The standard InChI is InChI=1S/C16H16O4.C12H4Cl4O2/c1-9-5-11(7-13(19-3)15(9)17)12-6-10(2)16(18)14(8-12)20-4;13-7-1-5(2-8(14)11(7)17)6-3-9(15)12(18)10(16)4-6/h5-8H,1-4H3;1-4H/b12-11+;. The summed E-state index contributed by atoms with van der Waals surface area (Å²) in [5, 5.41) is -0.0150. The fourth-order valence-electron chi connectivity index (χ4n) is 3.57. The average molecular weight is 594 g/mol. The number of ketones is 4. The van der Waals surface area contributed by atoms with Gasteiger partial charge in [0.2, 0.25) is 23.1 Å². The molecule has 0 saturated heterocycles. The van der Waals surface area contributed by atoms with Gasteiger partial charge in [-0.2, -0.15) is 0 Å². The van der Waals surface area contributed by atoms with Gasteiger partial charge in [-0.25, -0.2) is 0 Å². The van der Waals surface area contributed by atoms with Crippen molar-refractivity contribution in [3.05, 3.63) is 114 Å². The minimum atomic E-state index is -0.445. The van der Waals surface area contributed by atoms with E-state index in [0.717, 1.165) is 11.1 Å². The minimum absolute atomic E-state index is 0.00375. The van der Waals surface area contributed by atoms with Crippen molar-refractivity contribution in [2.45, 2.75) is 13.8 Å². The van der Waals surface area contributed by atoms with Crippen LogP contribution in [0.25, 0.3) is 0 Å². The summed E-state index contributed by atoms with van der Waals surface area (Å²) in [4.78, 5) is 46.4. The third kappa shape index (κ3) is 6.27. The van der Waals surface area contributed by atoms with E-state index in [1.165, 1.54) is 38.5 Å². The Morgan fingerprint density at radius 1 is 0.447 bits per heavy atom. The van der Waals surface area contributed by atoms with E-state index in [9.17, 15) is 19.2 Å². The van der Waals surface area contributed by atoms with Crippen LogP contribution in [0.5, 0.6) is 0 Å². The van der Waals surface area contributed by atoms with Gasteiger partial charge >= 0.3 is 0 Å². The van der Waals surface area contributed by atoms with E-state index >= 15 is 0 Å². The van der Waals surface area contributed by atoms with E-state index in [4.69, 9.17) is 55.9 Å². The van der Waals surface area contributed by atoms with Crippen LogP contribution in [0.4, 0.5) is 0 Å². The first-order valence-corrected chi connectivity index (χ1v) is 12.4. The molecule has 4 aliphatic carbocycles. The number of Topliss-reactive ketones (excluding diaryl/α,β-unsaturated/α-hetero) is 4. The van der Waals surface area contributed by atoms with E-state index in [1.54, 1.807) is 38.2 Å². The fraction of sp³-hybridized carbons (Fsp3) is 0.143. The maximum atomic E-state index is 11.8. The molecule has 10 heteroatoms. The van der Waals surface area contributed by atoms with Gasteiger partial charge in [-0.3, -0.25) is 19.2 Å². The quantitative estimate of drug-likeness (QED) is 0.371. The molecular formula is C28H20Cl4O6. The highest BCUT2D eigenvalue weighted by Crippen LogP contribution is 2.31. The summed E-state index contributed by atoms with van der Waals surface area (Å²) in [6, 6.07) is 0. The Morgan fingerprint density at radius 3 is 0.974 bits per heavy atom. The molecule has 38 heavy (non-hydrogen) atoms. The van der Waals surface area contributed by atoms with Gasteiger partial charge in [0.15, 0.2) is 11.5 Å². The molecule has 0 bridgehead atoms. The first-order chi connectivity index (χ1) is 17.9. The molecule has 0 atom stereocenters. The molecule has 0 N–H and O–H groups in total. The van der Waals surface area contributed by atoms with Crippen LogP contribution in [-0.2, 0) is 28.7 Å². The Morgan fingerprint density at radius 2 is 0.711 bits per heavy atom. The lowest BCUT2D eigenvalue weighted by Crippen LogP contribution is -2.13. The summed E-state index contributed by atoms with van der Waals surface area (Å²) < 4.78 is 10.2. The SMILES string of the molecule is COC1=C/C(=C2\C=C(C)C(=O)C(OC)=C2)C=C(C)C1=O.O=C1C(Cl)=CC(=C2C=C(Cl)C(=O)C(Cl)=C2)C=C1Cl. The van der Waals surface area contributed by atoms with E-state index in [1.807, 2.05) is 0 Å². The largest absolute Gasteiger partial charge is 0.493 e. The zero-order chi connectivity index (χ0) is 28.3. The summed E-state index contributed by atoms with van der Waals surface area (Å²) in [6.07, 6.45) is 12.7. The molecule has 0 amide bonds. The molecule has 0 spiro atoms. The number of hydrogen-bond donors (Lipinski definition) is 0. The predicted molar refractivity (Wildman–Crippen MR) is 148 cm³/mol. The van der Waals surface area contributed by atoms with Gasteiger partial charge < -0.3 is 9.47 Å². The highest BCUT2D eigenvalue weighted by Gasteiger charge is 2.23. The molecule has 0 saturated carbocycles. The van der Waals surface area contributed by atoms with Gasteiger partial charge in [0, 0.05) is 11.1 Å². The highest BCUT2D eigenvalue weighted by atomic mass is 35.5. The molecule has 0 fully saturated rings. The number of hydrogen-bond acceptors (Lipinski definition) is 6.